The Morgan fingerprint density at radius 2 is 1.66 bits per heavy atom. The molecule has 1 atom stereocenters. The number of anilines is 1. The Hall–Kier alpha value is -4.58. The molecular formula is C32H48N6O6. The second-order valence-electron chi connectivity index (χ2n) is 10.0. The van der Waals surface area contributed by atoms with Crippen molar-refractivity contribution in [2.24, 2.45) is 22.2 Å². The van der Waals surface area contributed by atoms with Crippen molar-refractivity contribution in [1.82, 2.24) is 5.32 Å². The molecule has 0 aliphatic heterocycles. The summed E-state index contributed by atoms with van der Waals surface area (Å²) in [5.41, 5.74) is 18.8. The first-order valence-electron chi connectivity index (χ1n) is 14.8. The molecule has 242 valence electrons. The molecule has 9 N–H and O–H groups in total. The minimum Gasteiger partial charge on any atom is -0.487 e. The second-order valence-corrected chi connectivity index (χ2v) is 10.0. The molecular weight excluding hydrogens is 564 g/mol. The van der Waals surface area contributed by atoms with E-state index >= 15 is 0 Å². The standard InChI is InChI=1S/C26H34N2O4.C6H14N4O2/c1-4-6-7-8-9-17-27-26(31)28(3)23-12-10-11-22(19-23)21-15-13-20(14-16-21)18-24(25(29)30)32-5-2;7-4(5(11)12)2-1-3-10-6(8)9/h10-16,18-19H,4-9,17H2,1-3H3,(H,27,31)(H,29,30);4H,1-3,7H2,(H,11,12)(H4,8,9,10)/b24-18-;/t;4-/m.0/s1. The van der Waals surface area contributed by atoms with Gasteiger partial charge in [0.1, 0.15) is 6.04 Å². The van der Waals surface area contributed by atoms with E-state index in [4.69, 9.17) is 27.0 Å². The summed E-state index contributed by atoms with van der Waals surface area (Å²) in [7, 11) is 1.76. The number of carboxylic acid groups (broad SMARTS) is 2. The molecule has 0 fully saturated rings. The van der Waals surface area contributed by atoms with Crippen LogP contribution in [0.1, 0.15) is 64.4 Å². The summed E-state index contributed by atoms with van der Waals surface area (Å²) in [5.74, 6) is -2.16. The first-order chi connectivity index (χ1) is 21.0. The molecule has 0 aliphatic rings. The van der Waals surface area contributed by atoms with E-state index in [2.05, 4.69) is 17.2 Å². The zero-order valence-corrected chi connectivity index (χ0v) is 26.0. The number of nitrogens with zero attached hydrogens (tertiary/aromatic N) is 2. The third-order valence-electron chi connectivity index (χ3n) is 6.43. The quantitative estimate of drug-likeness (QED) is 0.0492. The Kier molecular flexibility index (Phi) is 18.0. The van der Waals surface area contributed by atoms with Gasteiger partial charge in [0, 0.05) is 25.8 Å². The van der Waals surface area contributed by atoms with Crippen LogP contribution in [0.15, 0.2) is 59.3 Å². The number of urea groups is 1. The molecule has 2 amide bonds. The number of aliphatic imine (C=N–C) groups is 1. The average molecular weight is 613 g/mol. The highest BCUT2D eigenvalue weighted by molar-refractivity contribution is 5.92. The maximum atomic E-state index is 12.5. The molecule has 0 aliphatic carbocycles. The summed E-state index contributed by atoms with van der Waals surface area (Å²) in [4.78, 5) is 39.2. The molecule has 0 spiro atoms. The molecule has 44 heavy (non-hydrogen) atoms. The van der Waals surface area contributed by atoms with Crippen LogP contribution in [-0.2, 0) is 14.3 Å². The maximum absolute atomic E-state index is 12.5. The van der Waals surface area contributed by atoms with Crippen LogP contribution >= 0.6 is 0 Å². The van der Waals surface area contributed by atoms with Gasteiger partial charge in [-0.15, -0.1) is 0 Å². The normalized spacial score (nSPS) is 11.4. The largest absolute Gasteiger partial charge is 0.487 e. The Morgan fingerprint density at radius 3 is 2.25 bits per heavy atom. The molecule has 0 saturated heterocycles. The molecule has 2 rings (SSSR count). The molecule has 0 bridgehead atoms. The number of rotatable bonds is 17. The summed E-state index contributed by atoms with van der Waals surface area (Å²) in [6, 6.07) is 14.4. The highest BCUT2D eigenvalue weighted by atomic mass is 16.5. The zero-order valence-electron chi connectivity index (χ0n) is 26.0. The van der Waals surface area contributed by atoms with Crippen molar-refractivity contribution in [3.63, 3.8) is 0 Å². The SMILES string of the molecule is CCCCCCCNC(=O)N(C)c1cccc(-c2ccc(/C=C(\OCC)C(=O)O)cc2)c1.NC(N)=NCCC[C@H](N)C(=O)O. The Labute approximate surface area is 260 Å². The number of amides is 2. The smallest absolute Gasteiger partial charge is 0.371 e. The number of aliphatic carboxylic acids is 2. The fraction of sp³-hybridized carbons (Fsp3) is 0.438. The van der Waals surface area contributed by atoms with Gasteiger partial charge in [0.25, 0.3) is 0 Å². The summed E-state index contributed by atoms with van der Waals surface area (Å²) in [5, 5.41) is 20.6. The van der Waals surface area contributed by atoms with Gasteiger partial charge in [-0.05, 0) is 61.1 Å². The third-order valence-corrected chi connectivity index (χ3v) is 6.43. The van der Waals surface area contributed by atoms with Crippen molar-refractivity contribution in [2.45, 2.75) is 64.8 Å². The minimum absolute atomic E-state index is 0.0129. The van der Waals surface area contributed by atoms with Crippen LogP contribution in [0.4, 0.5) is 10.5 Å². The van der Waals surface area contributed by atoms with Crippen LogP contribution in [0.3, 0.4) is 0 Å². The first kappa shape index (κ1) is 37.4. The van der Waals surface area contributed by atoms with Gasteiger partial charge in [0.2, 0.25) is 5.76 Å². The fourth-order valence-corrected chi connectivity index (χ4v) is 3.94. The van der Waals surface area contributed by atoms with Crippen LogP contribution < -0.4 is 27.4 Å². The van der Waals surface area contributed by atoms with E-state index in [0.29, 0.717) is 32.5 Å². The van der Waals surface area contributed by atoms with Gasteiger partial charge in [0.05, 0.1) is 6.61 Å². The van der Waals surface area contributed by atoms with Gasteiger partial charge in [-0.2, -0.15) is 0 Å². The summed E-state index contributed by atoms with van der Waals surface area (Å²) in [6.45, 7) is 5.33. The molecule has 0 saturated carbocycles. The number of ether oxygens (including phenoxy) is 1. The van der Waals surface area contributed by atoms with Crippen molar-refractivity contribution >= 4 is 35.7 Å². The lowest BCUT2D eigenvalue weighted by Gasteiger charge is -2.19. The van der Waals surface area contributed by atoms with E-state index < -0.39 is 18.0 Å². The lowest BCUT2D eigenvalue weighted by Crippen LogP contribution is -2.37. The minimum atomic E-state index is -1.09. The van der Waals surface area contributed by atoms with E-state index in [9.17, 15) is 19.5 Å². The number of unbranched alkanes of at least 4 members (excludes halogenated alkanes) is 4. The number of benzene rings is 2. The van der Waals surface area contributed by atoms with Crippen LogP contribution in [0.2, 0.25) is 0 Å². The van der Waals surface area contributed by atoms with E-state index in [1.165, 1.54) is 25.3 Å². The van der Waals surface area contributed by atoms with Crippen LogP contribution in [0.25, 0.3) is 17.2 Å². The molecule has 0 aromatic heterocycles. The van der Waals surface area contributed by atoms with Gasteiger partial charge in [-0.25, -0.2) is 9.59 Å². The van der Waals surface area contributed by atoms with E-state index in [-0.39, 0.29) is 17.7 Å². The predicted molar refractivity (Wildman–Crippen MR) is 175 cm³/mol. The first-order valence-corrected chi connectivity index (χ1v) is 14.8. The topological polar surface area (TPSA) is 207 Å². The highest BCUT2D eigenvalue weighted by Crippen LogP contribution is 2.25. The summed E-state index contributed by atoms with van der Waals surface area (Å²) < 4.78 is 5.16. The molecule has 12 nitrogen and oxygen atoms in total. The number of nitrogens with two attached hydrogens (primary N) is 3. The van der Waals surface area contributed by atoms with Gasteiger partial charge in [-0.3, -0.25) is 14.7 Å². The number of hydrogen-bond donors (Lipinski definition) is 6. The molecule has 12 heteroatoms. The average Bonchev–Trinajstić information content (AvgIpc) is 3.00. The molecule has 0 radical (unpaired) electrons. The number of carbonyl (C=O) groups excluding carboxylic acids is 1. The van der Waals surface area contributed by atoms with Gasteiger partial charge >= 0.3 is 18.0 Å². The molecule has 2 aromatic rings. The number of nitrogens with one attached hydrogen (secondary N) is 1. The number of guanidine groups is 1. The van der Waals surface area contributed by atoms with Gasteiger partial charge in [-0.1, -0.05) is 69.0 Å². The Balaban J connectivity index is 0.000000681. The van der Waals surface area contributed by atoms with Crippen LogP contribution in [0, 0.1) is 0 Å². The van der Waals surface area contributed by atoms with Crippen molar-refractivity contribution < 1.29 is 29.3 Å². The monoisotopic (exact) mass is 612 g/mol. The van der Waals surface area contributed by atoms with E-state index in [0.717, 1.165) is 35.2 Å². The van der Waals surface area contributed by atoms with Crippen LogP contribution in [-0.4, -0.2) is 66.9 Å². The van der Waals surface area contributed by atoms with Gasteiger partial charge < -0.3 is 37.5 Å². The Morgan fingerprint density at radius 1 is 0.977 bits per heavy atom. The lowest BCUT2D eigenvalue weighted by atomic mass is 10.0. The van der Waals surface area contributed by atoms with E-state index in [1.807, 2.05) is 48.5 Å². The van der Waals surface area contributed by atoms with Crippen LogP contribution in [0.5, 0.6) is 0 Å². The van der Waals surface area contributed by atoms with Crippen molar-refractivity contribution in [2.75, 3.05) is 31.6 Å². The lowest BCUT2D eigenvalue weighted by molar-refractivity contribution is -0.139. The second kappa shape index (κ2) is 21.2. The Bertz CT molecular complexity index is 1230. The van der Waals surface area contributed by atoms with Crippen molar-refractivity contribution in [1.29, 1.82) is 0 Å². The summed E-state index contributed by atoms with van der Waals surface area (Å²) in [6.07, 6.45) is 8.25. The number of carbonyl (C=O) groups is 3. The number of hydrogen-bond acceptors (Lipinski definition) is 6. The molecule has 0 heterocycles. The van der Waals surface area contributed by atoms with E-state index in [1.54, 1.807) is 18.9 Å². The number of carboxylic acids is 2. The highest BCUT2D eigenvalue weighted by Gasteiger charge is 2.12. The zero-order chi connectivity index (χ0) is 32.9. The third kappa shape index (κ3) is 15.1. The predicted octanol–water partition coefficient (Wildman–Crippen LogP) is 4.38. The van der Waals surface area contributed by atoms with Gasteiger partial charge in [0.15, 0.2) is 5.96 Å². The maximum Gasteiger partial charge on any atom is 0.371 e. The fourth-order valence-electron chi connectivity index (χ4n) is 3.94. The van der Waals surface area contributed by atoms with Crippen molar-refractivity contribution in [3.8, 4) is 11.1 Å². The summed E-state index contributed by atoms with van der Waals surface area (Å²) >= 11 is 0. The molecule has 2 aromatic carbocycles. The van der Waals surface area contributed by atoms with Crippen molar-refractivity contribution in [3.05, 3.63) is 59.9 Å². The molecule has 0 unspecified atom stereocenters.